The average molecular weight is 364 g/mol. The summed E-state index contributed by atoms with van der Waals surface area (Å²) in [6, 6.07) is 7.69. The molecule has 6 nitrogen and oxygen atoms in total. The van der Waals surface area contributed by atoms with Crippen molar-refractivity contribution in [2.75, 3.05) is 11.1 Å². The zero-order chi connectivity index (χ0) is 17.5. The quantitative estimate of drug-likeness (QED) is 0.738. The molecule has 0 spiro atoms. The highest BCUT2D eigenvalue weighted by atomic mass is 32.2. The summed E-state index contributed by atoms with van der Waals surface area (Å²) in [7, 11) is 0. The number of hydrogen-bond acceptors (Lipinski definition) is 6. The number of para-hydroxylation sites is 1. The number of aromatic nitrogens is 2. The molecule has 0 aliphatic carbocycles. The van der Waals surface area contributed by atoms with Crippen LogP contribution in [0.5, 0.6) is 0 Å². The molecular weight excluding hydrogens is 344 g/mol. The van der Waals surface area contributed by atoms with E-state index in [9.17, 15) is 9.59 Å². The summed E-state index contributed by atoms with van der Waals surface area (Å²) < 4.78 is 0.601. The Balaban J connectivity index is 1.89. The molecule has 0 aliphatic heterocycles. The molecule has 1 heterocycles. The second kappa shape index (κ2) is 8.79. The third-order valence-electron chi connectivity index (χ3n) is 3.34. The summed E-state index contributed by atoms with van der Waals surface area (Å²) in [6.07, 6.45) is 0.887. The fourth-order valence-electron chi connectivity index (χ4n) is 1.79. The molecule has 2 rings (SSSR count). The van der Waals surface area contributed by atoms with Gasteiger partial charge in [0.2, 0.25) is 10.9 Å². The summed E-state index contributed by atoms with van der Waals surface area (Å²) in [5.41, 5.74) is 1.73. The molecule has 8 heteroatoms. The van der Waals surface area contributed by atoms with E-state index in [1.165, 1.54) is 23.1 Å². The number of thioether (sulfide) groups is 1. The van der Waals surface area contributed by atoms with Crippen molar-refractivity contribution in [3.05, 3.63) is 34.8 Å². The van der Waals surface area contributed by atoms with E-state index in [4.69, 9.17) is 0 Å². The maximum Gasteiger partial charge on any atom is 0.286 e. The van der Waals surface area contributed by atoms with Crippen LogP contribution in [0.4, 0.5) is 5.69 Å². The molecule has 0 radical (unpaired) electrons. The second-order valence-corrected chi connectivity index (χ2v) is 7.51. The fraction of sp³-hybridized carbons (Fsp3) is 0.375. The minimum Gasteiger partial charge on any atom is -0.353 e. The normalized spacial score (nSPS) is 11.8. The number of carbonyl (C=O) groups is 2. The molecule has 2 amide bonds. The second-order valence-electron chi connectivity index (χ2n) is 5.31. The van der Waals surface area contributed by atoms with Crippen molar-refractivity contribution >= 4 is 40.6 Å². The molecule has 0 aliphatic rings. The lowest BCUT2D eigenvalue weighted by Gasteiger charge is -2.09. The Morgan fingerprint density at radius 3 is 2.75 bits per heavy atom. The third-order valence-corrected chi connectivity index (χ3v) is 5.40. The predicted octanol–water partition coefficient (Wildman–Crippen LogP) is 3.11. The average Bonchev–Trinajstić information content (AvgIpc) is 3.04. The SMILES string of the molecule is CC[C@@H](C)NC(=O)CSc1nnc(C(=O)Nc2ccccc2C)s1. The number of rotatable bonds is 7. The van der Waals surface area contributed by atoms with Crippen LogP contribution in [0.3, 0.4) is 0 Å². The molecule has 0 bridgehead atoms. The molecule has 1 aromatic carbocycles. The molecule has 128 valence electrons. The van der Waals surface area contributed by atoms with Crippen molar-refractivity contribution < 1.29 is 9.59 Å². The Morgan fingerprint density at radius 2 is 2.04 bits per heavy atom. The summed E-state index contributed by atoms with van der Waals surface area (Å²) in [6.45, 7) is 5.90. The number of hydrogen-bond donors (Lipinski definition) is 2. The van der Waals surface area contributed by atoms with E-state index in [-0.39, 0.29) is 28.6 Å². The largest absolute Gasteiger partial charge is 0.353 e. The van der Waals surface area contributed by atoms with E-state index in [1.807, 2.05) is 45.0 Å². The van der Waals surface area contributed by atoms with Gasteiger partial charge in [0.25, 0.3) is 5.91 Å². The summed E-state index contributed by atoms with van der Waals surface area (Å²) in [4.78, 5) is 24.0. The van der Waals surface area contributed by atoms with Crippen LogP contribution in [0.1, 0.15) is 35.6 Å². The summed E-state index contributed by atoms with van der Waals surface area (Å²) in [5.74, 6) is -0.0774. The molecule has 2 N–H and O–H groups in total. The van der Waals surface area contributed by atoms with Crippen molar-refractivity contribution in [3.63, 3.8) is 0 Å². The molecule has 1 aromatic heterocycles. The van der Waals surface area contributed by atoms with E-state index >= 15 is 0 Å². The highest BCUT2D eigenvalue weighted by molar-refractivity contribution is 8.01. The maximum absolute atomic E-state index is 12.2. The van der Waals surface area contributed by atoms with Gasteiger partial charge in [0, 0.05) is 11.7 Å². The summed E-state index contributed by atoms with van der Waals surface area (Å²) >= 11 is 2.46. The van der Waals surface area contributed by atoms with Gasteiger partial charge in [-0.15, -0.1) is 10.2 Å². The predicted molar refractivity (Wildman–Crippen MR) is 97.7 cm³/mol. The van der Waals surface area contributed by atoms with Gasteiger partial charge in [0.15, 0.2) is 4.34 Å². The lowest BCUT2D eigenvalue weighted by molar-refractivity contribution is -0.119. The third kappa shape index (κ3) is 5.31. The smallest absolute Gasteiger partial charge is 0.286 e. The van der Waals surface area contributed by atoms with E-state index in [1.54, 1.807) is 0 Å². The van der Waals surface area contributed by atoms with Gasteiger partial charge in [-0.2, -0.15) is 0 Å². The number of amides is 2. The Bertz CT molecular complexity index is 718. The van der Waals surface area contributed by atoms with Gasteiger partial charge in [0.1, 0.15) is 0 Å². The van der Waals surface area contributed by atoms with Crippen molar-refractivity contribution in [2.24, 2.45) is 0 Å². The van der Waals surface area contributed by atoms with Crippen molar-refractivity contribution in [1.82, 2.24) is 15.5 Å². The van der Waals surface area contributed by atoms with Crippen LogP contribution in [0.2, 0.25) is 0 Å². The fourth-order valence-corrected chi connectivity index (χ4v) is 3.35. The zero-order valence-corrected chi connectivity index (χ0v) is 15.5. The first-order valence-corrected chi connectivity index (χ1v) is 9.42. The lowest BCUT2D eigenvalue weighted by Crippen LogP contribution is -2.33. The van der Waals surface area contributed by atoms with Crippen LogP contribution in [0, 0.1) is 6.92 Å². The van der Waals surface area contributed by atoms with E-state index in [2.05, 4.69) is 20.8 Å². The highest BCUT2D eigenvalue weighted by Gasteiger charge is 2.15. The molecule has 0 fully saturated rings. The Kier molecular flexibility index (Phi) is 6.74. The molecular formula is C16H20N4O2S2. The lowest BCUT2D eigenvalue weighted by atomic mass is 10.2. The van der Waals surface area contributed by atoms with E-state index in [0.29, 0.717) is 4.34 Å². The van der Waals surface area contributed by atoms with Crippen LogP contribution in [0.25, 0.3) is 0 Å². The standard InChI is InChI=1S/C16H20N4O2S2/c1-4-11(3)17-13(21)9-23-16-20-19-15(24-16)14(22)18-12-8-6-5-7-10(12)2/h5-8,11H,4,9H2,1-3H3,(H,17,21)(H,18,22)/t11-/m1/s1. The van der Waals surface area contributed by atoms with Crippen molar-refractivity contribution in [3.8, 4) is 0 Å². The zero-order valence-electron chi connectivity index (χ0n) is 13.8. The van der Waals surface area contributed by atoms with Gasteiger partial charge in [-0.3, -0.25) is 9.59 Å². The first-order chi connectivity index (χ1) is 11.5. The maximum atomic E-state index is 12.2. The number of nitrogens with one attached hydrogen (secondary N) is 2. The van der Waals surface area contributed by atoms with Crippen LogP contribution in [-0.2, 0) is 4.79 Å². The van der Waals surface area contributed by atoms with E-state index in [0.717, 1.165) is 17.7 Å². The van der Waals surface area contributed by atoms with Gasteiger partial charge in [-0.25, -0.2) is 0 Å². The van der Waals surface area contributed by atoms with Crippen LogP contribution >= 0.6 is 23.1 Å². The minimum atomic E-state index is -0.294. The summed E-state index contributed by atoms with van der Waals surface area (Å²) in [5, 5.41) is 13.8. The topological polar surface area (TPSA) is 84.0 Å². The molecule has 0 unspecified atom stereocenters. The Morgan fingerprint density at radius 1 is 1.29 bits per heavy atom. The van der Waals surface area contributed by atoms with Crippen LogP contribution in [-0.4, -0.2) is 33.8 Å². The number of aryl methyl sites for hydroxylation is 1. The van der Waals surface area contributed by atoms with Crippen molar-refractivity contribution in [2.45, 2.75) is 37.6 Å². The first-order valence-electron chi connectivity index (χ1n) is 7.62. The van der Waals surface area contributed by atoms with Crippen LogP contribution in [0.15, 0.2) is 28.6 Å². The van der Waals surface area contributed by atoms with Gasteiger partial charge in [0.05, 0.1) is 5.75 Å². The number of anilines is 1. The number of benzene rings is 1. The van der Waals surface area contributed by atoms with Gasteiger partial charge >= 0.3 is 0 Å². The van der Waals surface area contributed by atoms with Crippen molar-refractivity contribution in [1.29, 1.82) is 0 Å². The monoisotopic (exact) mass is 364 g/mol. The molecule has 2 aromatic rings. The number of carbonyl (C=O) groups excluding carboxylic acids is 2. The van der Waals surface area contributed by atoms with Gasteiger partial charge < -0.3 is 10.6 Å². The Labute approximate surface area is 149 Å². The molecule has 0 saturated heterocycles. The van der Waals surface area contributed by atoms with E-state index < -0.39 is 0 Å². The highest BCUT2D eigenvalue weighted by Crippen LogP contribution is 2.23. The van der Waals surface area contributed by atoms with Crippen LogP contribution < -0.4 is 10.6 Å². The molecule has 24 heavy (non-hydrogen) atoms. The molecule has 1 atom stereocenters. The van der Waals surface area contributed by atoms with Gasteiger partial charge in [-0.05, 0) is 31.9 Å². The first kappa shape index (κ1) is 18.4. The number of nitrogens with zero attached hydrogens (tertiary/aromatic N) is 2. The van der Waals surface area contributed by atoms with Gasteiger partial charge in [-0.1, -0.05) is 48.2 Å². The molecule has 0 saturated carbocycles. The minimum absolute atomic E-state index is 0.0459. The Hall–Kier alpha value is -1.93.